The van der Waals surface area contributed by atoms with Crippen LogP contribution < -0.4 is 5.32 Å². The number of carbonyl (C=O) groups excluding carboxylic acids is 1. The van der Waals surface area contributed by atoms with Crippen molar-refractivity contribution in [1.82, 2.24) is 5.32 Å². The van der Waals surface area contributed by atoms with Gasteiger partial charge in [0.05, 0.1) is 12.0 Å². The van der Waals surface area contributed by atoms with Gasteiger partial charge in [0.15, 0.2) is 9.84 Å². The van der Waals surface area contributed by atoms with Crippen LogP contribution in [0.1, 0.15) is 18.9 Å². The molecule has 19 heavy (non-hydrogen) atoms. The topological polar surface area (TPSA) is 72.5 Å². The van der Waals surface area contributed by atoms with Gasteiger partial charge in [-0.25, -0.2) is 8.42 Å². The fourth-order valence-corrected chi connectivity index (χ4v) is 2.26. The van der Waals surface area contributed by atoms with E-state index in [0.717, 1.165) is 5.56 Å². The van der Waals surface area contributed by atoms with Gasteiger partial charge in [-0.15, -0.1) is 0 Å². The van der Waals surface area contributed by atoms with Crippen LogP contribution in [0.3, 0.4) is 0 Å². The molecule has 5 nitrogen and oxygen atoms in total. The first kappa shape index (κ1) is 15.7. The third-order valence-electron chi connectivity index (χ3n) is 2.80. The number of nitrogens with one attached hydrogen (secondary N) is 1. The Bertz CT molecular complexity index is 522. The Hall–Kier alpha value is -1.40. The molecule has 1 N–H and O–H groups in total. The summed E-state index contributed by atoms with van der Waals surface area (Å²) in [6.07, 6.45) is 1.80. The minimum Gasteiger partial charge on any atom is -0.468 e. The zero-order chi connectivity index (χ0) is 14.5. The van der Waals surface area contributed by atoms with Gasteiger partial charge in [0.25, 0.3) is 0 Å². The quantitative estimate of drug-likeness (QED) is 0.793. The lowest BCUT2D eigenvalue weighted by Crippen LogP contribution is -2.36. The molecule has 0 fully saturated rings. The molecule has 0 saturated carbocycles. The van der Waals surface area contributed by atoms with E-state index in [2.05, 4.69) is 10.1 Å². The summed E-state index contributed by atoms with van der Waals surface area (Å²) in [6, 6.07) is 6.23. The summed E-state index contributed by atoms with van der Waals surface area (Å²) in [6.45, 7) is 2.37. The van der Waals surface area contributed by atoms with Gasteiger partial charge >= 0.3 is 5.97 Å². The van der Waals surface area contributed by atoms with E-state index in [9.17, 15) is 13.2 Å². The molecule has 0 aliphatic rings. The lowest BCUT2D eigenvalue weighted by atomic mass is 10.2. The van der Waals surface area contributed by atoms with Crippen LogP contribution in [0.5, 0.6) is 0 Å². The third-order valence-corrected chi connectivity index (χ3v) is 3.93. The fourth-order valence-electron chi connectivity index (χ4n) is 1.63. The van der Waals surface area contributed by atoms with Crippen molar-refractivity contribution in [2.24, 2.45) is 0 Å². The molecule has 0 saturated heterocycles. The van der Waals surface area contributed by atoms with Crippen LogP contribution in [0.2, 0.25) is 0 Å². The van der Waals surface area contributed by atoms with Gasteiger partial charge in [0.2, 0.25) is 0 Å². The van der Waals surface area contributed by atoms with Crippen molar-refractivity contribution in [1.29, 1.82) is 0 Å². The molecule has 6 heteroatoms. The van der Waals surface area contributed by atoms with Crippen LogP contribution in [0, 0.1) is 0 Å². The van der Waals surface area contributed by atoms with Crippen molar-refractivity contribution in [2.75, 3.05) is 13.4 Å². The van der Waals surface area contributed by atoms with E-state index < -0.39 is 9.84 Å². The minimum atomic E-state index is -3.17. The van der Waals surface area contributed by atoms with Gasteiger partial charge in [0, 0.05) is 12.8 Å². The molecular weight excluding hydrogens is 266 g/mol. The first-order chi connectivity index (χ1) is 8.88. The zero-order valence-corrected chi connectivity index (χ0v) is 12.2. The summed E-state index contributed by atoms with van der Waals surface area (Å²) in [4.78, 5) is 11.7. The highest BCUT2D eigenvalue weighted by molar-refractivity contribution is 7.90. The number of ether oxygens (including phenoxy) is 1. The van der Waals surface area contributed by atoms with Crippen LogP contribution in [0.4, 0.5) is 0 Å². The molecule has 0 spiro atoms. The molecule has 1 unspecified atom stereocenters. The van der Waals surface area contributed by atoms with Gasteiger partial charge in [-0.1, -0.05) is 19.1 Å². The molecular formula is C13H19NO4S. The molecule has 1 rings (SSSR count). The van der Waals surface area contributed by atoms with Crippen molar-refractivity contribution >= 4 is 15.8 Å². The molecule has 0 radical (unpaired) electrons. The molecule has 0 heterocycles. The van der Waals surface area contributed by atoms with Crippen LogP contribution in [0.25, 0.3) is 0 Å². The molecule has 0 amide bonds. The summed E-state index contributed by atoms with van der Waals surface area (Å²) < 4.78 is 27.3. The van der Waals surface area contributed by atoms with Gasteiger partial charge in [0.1, 0.15) is 6.04 Å². The Morgan fingerprint density at radius 3 is 2.32 bits per heavy atom. The van der Waals surface area contributed by atoms with Crippen molar-refractivity contribution in [2.45, 2.75) is 30.8 Å². The number of esters is 1. The van der Waals surface area contributed by atoms with Gasteiger partial charge in [-0.2, -0.15) is 0 Å². The Kier molecular flexibility index (Phi) is 5.50. The summed E-state index contributed by atoms with van der Waals surface area (Å²) in [5, 5.41) is 3.07. The average molecular weight is 285 g/mol. The Labute approximate surface area is 113 Å². The Balaban J connectivity index is 2.66. The highest BCUT2D eigenvalue weighted by Crippen LogP contribution is 2.10. The molecule has 1 atom stereocenters. The average Bonchev–Trinajstić information content (AvgIpc) is 2.38. The van der Waals surface area contributed by atoms with Crippen molar-refractivity contribution in [3.05, 3.63) is 29.8 Å². The number of sulfone groups is 1. The maximum atomic E-state index is 11.4. The number of hydrogen-bond acceptors (Lipinski definition) is 5. The summed E-state index contributed by atoms with van der Waals surface area (Å²) >= 11 is 0. The first-order valence-corrected chi connectivity index (χ1v) is 7.87. The molecule has 1 aromatic carbocycles. The van der Waals surface area contributed by atoms with Crippen LogP contribution >= 0.6 is 0 Å². The van der Waals surface area contributed by atoms with Crippen LogP contribution in [0.15, 0.2) is 29.2 Å². The predicted octanol–water partition coefficient (Wildman–Crippen LogP) is 1.13. The normalized spacial score (nSPS) is 13.0. The first-order valence-electron chi connectivity index (χ1n) is 5.98. The minimum absolute atomic E-state index is 0.288. The predicted molar refractivity (Wildman–Crippen MR) is 72.5 cm³/mol. The van der Waals surface area contributed by atoms with Crippen LogP contribution in [-0.2, 0) is 25.9 Å². The second kappa shape index (κ2) is 6.68. The standard InChI is InChI=1S/C13H19NO4S/c1-4-12(13(15)18-2)14-9-10-5-7-11(8-6-10)19(3,16)17/h5-8,12,14H,4,9H2,1-3H3. The molecule has 1 aromatic rings. The summed E-state index contributed by atoms with van der Waals surface area (Å²) in [7, 11) is -1.81. The van der Waals surface area contributed by atoms with Crippen molar-refractivity contribution < 1.29 is 17.9 Å². The number of rotatable bonds is 6. The lowest BCUT2D eigenvalue weighted by molar-refractivity contribution is -0.143. The summed E-state index contributed by atoms with van der Waals surface area (Å²) in [5.41, 5.74) is 0.912. The van der Waals surface area contributed by atoms with Gasteiger partial charge in [-0.3, -0.25) is 4.79 Å². The Morgan fingerprint density at radius 2 is 1.89 bits per heavy atom. The highest BCUT2D eigenvalue weighted by atomic mass is 32.2. The maximum Gasteiger partial charge on any atom is 0.322 e. The van der Waals surface area contributed by atoms with E-state index in [-0.39, 0.29) is 16.9 Å². The Morgan fingerprint density at radius 1 is 1.32 bits per heavy atom. The van der Waals surface area contributed by atoms with E-state index in [4.69, 9.17) is 0 Å². The number of hydrogen-bond donors (Lipinski definition) is 1. The zero-order valence-electron chi connectivity index (χ0n) is 11.3. The second-order valence-electron chi connectivity index (χ2n) is 4.28. The smallest absolute Gasteiger partial charge is 0.322 e. The van der Waals surface area contributed by atoms with E-state index in [1.807, 2.05) is 6.92 Å². The fraction of sp³-hybridized carbons (Fsp3) is 0.462. The monoisotopic (exact) mass is 285 g/mol. The van der Waals surface area contributed by atoms with Crippen molar-refractivity contribution in [3.63, 3.8) is 0 Å². The number of methoxy groups -OCH3 is 1. The second-order valence-corrected chi connectivity index (χ2v) is 6.30. The van der Waals surface area contributed by atoms with E-state index in [1.165, 1.54) is 13.4 Å². The van der Waals surface area contributed by atoms with Gasteiger partial charge < -0.3 is 10.1 Å². The number of benzene rings is 1. The van der Waals surface area contributed by atoms with E-state index in [0.29, 0.717) is 13.0 Å². The van der Waals surface area contributed by atoms with E-state index >= 15 is 0 Å². The van der Waals surface area contributed by atoms with Gasteiger partial charge in [-0.05, 0) is 24.1 Å². The maximum absolute atomic E-state index is 11.4. The van der Waals surface area contributed by atoms with E-state index in [1.54, 1.807) is 24.3 Å². The van der Waals surface area contributed by atoms with Crippen LogP contribution in [-0.4, -0.2) is 33.8 Å². The molecule has 0 aliphatic heterocycles. The molecule has 0 aromatic heterocycles. The number of carbonyl (C=O) groups is 1. The lowest BCUT2D eigenvalue weighted by Gasteiger charge is -2.14. The molecule has 0 bridgehead atoms. The van der Waals surface area contributed by atoms with Crippen molar-refractivity contribution in [3.8, 4) is 0 Å². The third kappa shape index (κ3) is 4.65. The largest absolute Gasteiger partial charge is 0.468 e. The highest BCUT2D eigenvalue weighted by Gasteiger charge is 2.15. The SMILES string of the molecule is CCC(NCc1ccc(S(C)(=O)=O)cc1)C(=O)OC. The molecule has 106 valence electrons. The summed E-state index contributed by atoms with van der Waals surface area (Å²) in [5.74, 6) is -0.296. The molecule has 0 aliphatic carbocycles.